The molecular weight excluding hydrogens is 305 g/mol. The Morgan fingerprint density at radius 2 is 2.00 bits per heavy atom. The molecule has 0 amide bonds. The van der Waals surface area contributed by atoms with Crippen molar-refractivity contribution in [3.8, 4) is 6.07 Å². The largest absolute Gasteiger partial charge is 0.402 e. The van der Waals surface area contributed by atoms with Gasteiger partial charge in [-0.3, -0.25) is 0 Å². The molecule has 1 aromatic carbocycles. The van der Waals surface area contributed by atoms with E-state index in [0.717, 1.165) is 6.07 Å². The Labute approximate surface area is 120 Å². The monoisotopic (exact) mass is 318 g/mol. The first-order chi connectivity index (χ1) is 9.65. The molecule has 21 heavy (non-hydrogen) atoms. The number of aryl methyl sites for hydroxylation is 1. The second-order valence-corrected chi connectivity index (χ2v) is 6.85. The maximum atomic E-state index is 12.6. The molecule has 0 N–H and O–H groups in total. The average molecular weight is 318 g/mol. The molecule has 1 fully saturated rings. The van der Waals surface area contributed by atoms with Crippen LogP contribution in [0.2, 0.25) is 0 Å². The second kappa shape index (κ2) is 5.31. The summed E-state index contributed by atoms with van der Waals surface area (Å²) in [5, 5.41) is 8.83. The Hall–Kier alpha value is -1.59. The van der Waals surface area contributed by atoms with E-state index in [1.807, 2.05) is 0 Å². The van der Waals surface area contributed by atoms with Gasteiger partial charge in [0.1, 0.15) is 6.54 Å². The van der Waals surface area contributed by atoms with Crippen molar-refractivity contribution in [2.45, 2.75) is 36.9 Å². The molecule has 0 aromatic heterocycles. The number of halogens is 3. The lowest BCUT2D eigenvalue weighted by molar-refractivity contribution is -0.137. The van der Waals surface area contributed by atoms with Gasteiger partial charge in [0.05, 0.1) is 16.5 Å². The zero-order valence-corrected chi connectivity index (χ0v) is 12.0. The summed E-state index contributed by atoms with van der Waals surface area (Å²) in [6.07, 6.45) is -3.75. The number of sulfonamides is 1. The predicted molar refractivity (Wildman–Crippen MR) is 68.9 cm³/mol. The fourth-order valence-electron chi connectivity index (χ4n) is 2.02. The maximum absolute atomic E-state index is 12.6. The van der Waals surface area contributed by atoms with Crippen molar-refractivity contribution in [3.63, 3.8) is 0 Å². The number of rotatable bonds is 4. The number of nitrogens with zero attached hydrogens (tertiary/aromatic N) is 2. The third kappa shape index (κ3) is 3.54. The topological polar surface area (TPSA) is 61.2 Å². The molecule has 0 aliphatic heterocycles. The van der Waals surface area contributed by atoms with E-state index in [-0.39, 0.29) is 10.5 Å². The Kier molecular flexibility index (Phi) is 4.00. The zero-order valence-electron chi connectivity index (χ0n) is 11.2. The summed E-state index contributed by atoms with van der Waals surface area (Å²) in [4.78, 5) is -0.238. The highest BCUT2D eigenvalue weighted by atomic mass is 32.2. The molecule has 0 spiro atoms. The van der Waals surface area contributed by atoms with Crippen LogP contribution in [-0.2, 0) is 10.0 Å². The van der Waals surface area contributed by atoms with Crippen LogP contribution in [0.15, 0.2) is 23.1 Å². The molecule has 0 unspecified atom stereocenters. The van der Waals surface area contributed by atoms with Gasteiger partial charge in [-0.2, -0.15) is 22.7 Å². The molecule has 0 radical (unpaired) electrons. The van der Waals surface area contributed by atoms with Crippen molar-refractivity contribution in [1.82, 2.24) is 4.31 Å². The third-order valence-electron chi connectivity index (χ3n) is 3.19. The van der Waals surface area contributed by atoms with Crippen LogP contribution >= 0.6 is 0 Å². The van der Waals surface area contributed by atoms with Crippen LogP contribution in [0.1, 0.15) is 24.0 Å². The average Bonchev–Trinajstić information content (AvgIpc) is 3.19. The summed E-state index contributed by atoms with van der Waals surface area (Å²) >= 11 is 0. The fraction of sp³-hybridized carbons (Fsp3) is 0.462. The van der Waals surface area contributed by atoms with Gasteiger partial charge in [-0.1, -0.05) is 6.07 Å². The van der Waals surface area contributed by atoms with Crippen molar-refractivity contribution in [3.05, 3.63) is 29.3 Å². The van der Waals surface area contributed by atoms with Crippen LogP contribution in [0.3, 0.4) is 0 Å². The first-order valence-electron chi connectivity index (χ1n) is 6.24. The fourth-order valence-corrected chi connectivity index (χ4v) is 3.95. The summed E-state index contributed by atoms with van der Waals surface area (Å²) in [6, 6.07) is 5.16. The number of hydrogen-bond donors (Lipinski definition) is 0. The number of nitriles is 1. The zero-order chi connectivity index (χ0) is 15.8. The quantitative estimate of drug-likeness (QED) is 0.857. The SMILES string of the molecule is Cc1ccc(C#N)cc1S(=O)(=O)N(CC(F)(F)F)C1CC1. The van der Waals surface area contributed by atoms with E-state index in [1.165, 1.54) is 19.1 Å². The van der Waals surface area contributed by atoms with Crippen molar-refractivity contribution >= 4 is 10.0 Å². The number of alkyl halides is 3. The smallest absolute Gasteiger partial charge is 0.207 e. The van der Waals surface area contributed by atoms with Crippen LogP contribution in [0, 0.1) is 18.3 Å². The lowest BCUT2D eigenvalue weighted by Crippen LogP contribution is -2.40. The molecule has 0 saturated heterocycles. The molecule has 1 aromatic rings. The third-order valence-corrected chi connectivity index (χ3v) is 5.23. The minimum absolute atomic E-state index is 0.0990. The Morgan fingerprint density at radius 3 is 2.48 bits per heavy atom. The highest BCUT2D eigenvalue weighted by Crippen LogP contribution is 2.35. The van der Waals surface area contributed by atoms with Gasteiger partial charge in [0, 0.05) is 6.04 Å². The maximum Gasteiger partial charge on any atom is 0.402 e. The summed E-state index contributed by atoms with van der Waals surface area (Å²) in [7, 11) is -4.27. The van der Waals surface area contributed by atoms with E-state index in [9.17, 15) is 21.6 Å². The molecule has 8 heteroatoms. The molecule has 0 bridgehead atoms. The molecule has 1 aliphatic rings. The first-order valence-corrected chi connectivity index (χ1v) is 7.68. The first kappa shape index (κ1) is 15.8. The van der Waals surface area contributed by atoms with Crippen LogP contribution < -0.4 is 0 Å². The molecule has 114 valence electrons. The van der Waals surface area contributed by atoms with E-state index >= 15 is 0 Å². The molecule has 4 nitrogen and oxygen atoms in total. The number of hydrogen-bond acceptors (Lipinski definition) is 3. The lowest BCUT2D eigenvalue weighted by atomic mass is 10.2. The van der Waals surface area contributed by atoms with Gasteiger partial charge in [-0.05, 0) is 37.5 Å². The standard InChI is InChI=1S/C13H13F3N2O2S/c1-9-2-3-10(7-17)6-12(9)21(19,20)18(11-4-5-11)8-13(14,15)16/h2-3,6,11H,4-5,8H2,1H3. The van der Waals surface area contributed by atoms with Crippen LogP contribution in [0.4, 0.5) is 13.2 Å². The van der Waals surface area contributed by atoms with Crippen LogP contribution in [0.25, 0.3) is 0 Å². The summed E-state index contributed by atoms with van der Waals surface area (Å²) in [5.74, 6) is 0. The van der Waals surface area contributed by atoms with Crippen molar-refractivity contribution in [2.75, 3.05) is 6.54 Å². The van der Waals surface area contributed by atoms with E-state index in [4.69, 9.17) is 5.26 Å². The van der Waals surface area contributed by atoms with Gasteiger partial charge in [-0.25, -0.2) is 8.42 Å². The molecular formula is C13H13F3N2O2S. The molecule has 0 atom stereocenters. The number of benzene rings is 1. The van der Waals surface area contributed by atoms with Gasteiger partial charge in [0.25, 0.3) is 0 Å². The van der Waals surface area contributed by atoms with E-state index < -0.39 is 28.8 Å². The van der Waals surface area contributed by atoms with Gasteiger partial charge < -0.3 is 0 Å². The minimum Gasteiger partial charge on any atom is -0.207 e. The van der Waals surface area contributed by atoms with E-state index in [0.29, 0.717) is 22.7 Å². The van der Waals surface area contributed by atoms with Crippen LogP contribution in [0.5, 0.6) is 0 Å². The molecule has 0 heterocycles. The van der Waals surface area contributed by atoms with Crippen molar-refractivity contribution < 1.29 is 21.6 Å². The van der Waals surface area contributed by atoms with E-state index in [1.54, 1.807) is 6.07 Å². The summed E-state index contributed by atoms with van der Waals surface area (Å²) in [5.41, 5.74) is 0.420. The second-order valence-electron chi connectivity index (χ2n) is 4.99. The Morgan fingerprint density at radius 1 is 1.38 bits per heavy atom. The summed E-state index contributed by atoms with van der Waals surface area (Å²) in [6.45, 7) is -0.0110. The molecule has 2 rings (SSSR count). The van der Waals surface area contributed by atoms with Gasteiger partial charge in [-0.15, -0.1) is 0 Å². The van der Waals surface area contributed by atoms with Gasteiger partial charge >= 0.3 is 6.18 Å². The normalized spacial score (nSPS) is 16.0. The Balaban J connectivity index is 2.46. The van der Waals surface area contributed by atoms with Gasteiger partial charge in [0.15, 0.2) is 0 Å². The highest BCUT2D eigenvalue weighted by Gasteiger charge is 2.45. The highest BCUT2D eigenvalue weighted by molar-refractivity contribution is 7.89. The molecule has 1 saturated carbocycles. The van der Waals surface area contributed by atoms with E-state index in [2.05, 4.69) is 0 Å². The Bertz CT molecular complexity index is 688. The van der Waals surface area contributed by atoms with Crippen molar-refractivity contribution in [1.29, 1.82) is 5.26 Å². The summed E-state index contributed by atoms with van der Waals surface area (Å²) < 4.78 is 63.4. The molecule has 1 aliphatic carbocycles. The lowest BCUT2D eigenvalue weighted by Gasteiger charge is -2.24. The predicted octanol–water partition coefficient (Wildman–Crippen LogP) is 2.58. The van der Waals surface area contributed by atoms with Crippen molar-refractivity contribution in [2.24, 2.45) is 0 Å². The minimum atomic E-state index is -4.60. The van der Waals surface area contributed by atoms with Gasteiger partial charge in [0.2, 0.25) is 10.0 Å². The van der Waals surface area contributed by atoms with Crippen LogP contribution in [-0.4, -0.2) is 31.5 Å².